The molecule has 0 fully saturated rings. The molecule has 0 aliphatic carbocycles. The average Bonchev–Trinajstić information content (AvgIpc) is 2.70. The van der Waals surface area contributed by atoms with Crippen LogP contribution < -0.4 is 10.1 Å². The van der Waals surface area contributed by atoms with Gasteiger partial charge in [0, 0.05) is 12.0 Å². The molecule has 0 saturated heterocycles. The van der Waals surface area contributed by atoms with Crippen molar-refractivity contribution < 1.29 is 14.3 Å². The Labute approximate surface area is 181 Å². The molecule has 148 valence electrons. The lowest BCUT2D eigenvalue weighted by Gasteiger charge is -2.11. The normalized spacial score (nSPS) is 9.96. The standard InChI is InChI=1S/C23H26INO3/c1-3-5-9-18-13-15-19(16-14-18)10-6-7-17-28-21-12-8-11-20(22(21)24)25-23(26)27-4-2/h8,11-16H,3-5,7,9,17H2,1-2H3,(H,25,26). The van der Waals surface area contributed by atoms with Gasteiger partial charge >= 0.3 is 6.09 Å². The lowest BCUT2D eigenvalue weighted by atomic mass is 10.1. The molecule has 2 rings (SSSR count). The monoisotopic (exact) mass is 491 g/mol. The molecule has 0 aromatic heterocycles. The van der Waals surface area contributed by atoms with Gasteiger partial charge in [0.1, 0.15) is 5.75 Å². The van der Waals surface area contributed by atoms with Crippen molar-refractivity contribution in [3.63, 3.8) is 0 Å². The number of ether oxygens (including phenoxy) is 2. The number of nitrogens with one attached hydrogen (secondary N) is 1. The van der Waals surface area contributed by atoms with E-state index < -0.39 is 6.09 Å². The summed E-state index contributed by atoms with van der Waals surface area (Å²) in [6, 6.07) is 14.0. The predicted molar refractivity (Wildman–Crippen MR) is 122 cm³/mol. The van der Waals surface area contributed by atoms with E-state index in [1.807, 2.05) is 18.2 Å². The SMILES string of the molecule is CCCCc1ccc(C#CCCOc2cccc(NC(=O)OCC)c2I)cc1. The summed E-state index contributed by atoms with van der Waals surface area (Å²) in [5, 5.41) is 2.72. The predicted octanol–water partition coefficient (Wildman–Crippen LogP) is 6.02. The lowest BCUT2D eigenvalue weighted by molar-refractivity contribution is 0.168. The minimum Gasteiger partial charge on any atom is -0.491 e. The Morgan fingerprint density at radius 2 is 1.93 bits per heavy atom. The van der Waals surface area contributed by atoms with Crippen molar-refractivity contribution in [2.45, 2.75) is 39.5 Å². The maximum Gasteiger partial charge on any atom is 0.411 e. The van der Waals surface area contributed by atoms with Crippen LogP contribution in [0.3, 0.4) is 0 Å². The van der Waals surface area contributed by atoms with Crippen molar-refractivity contribution in [3.8, 4) is 17.6 Å². The van der Waals surface area contributed by atoms with Crippen molar-refractivity contribution in [3.05, 3.63) is 57.2 Å². The first kappa shape index (κ1) is 22.1. The number of amides is 1. The molecule has 2 aromatic carbocycles. The summed E-state index contributed by atoms with van der Waals surface area (Å²) < 4.78 is 11.6. The van der Waals surface area contributed by atoms with Crippen LogP contribution in [0.15, 0.2) is 42.5 Å². The molecule has 2 aromatic rings. The highest BCUT2D eigenvalue weighted by molar-refractivity contribution is 14.1. The molecule has 0 spiro atoms. The molecule has 0 atom stereocenters. The van der Waals surface area contributed by atoms with Crippen LogP contribution in [0.2, 0.25) is 0 Å². The molecule has 4 nitrogen and oxygen atoms in total. The van der Waals surface area contributed by atoms with Gasteiger partial charge in [-0.25, -0.2) is 4.79 Å². The van der Waals surface area contributed by atoms with Crippen LogP contribution in [0.1, 0.15) is 44.2 Å². The molecule has 5 heteroatoms. The highest BCUT2D eigenvalue weighted by Gasteiger charge is 2.09. The third-order valence-corrected chi connectivity index (χ3v) is 5.08. The van der Waals surface area contributed by atoms with E-state index in [1.54, 1.807) is 6.92 Å². The van der Waals surface area contributed by atoms with Crippen molar-refractivity contribution in [1.82, 2.24) is 0 Å². The molecule has 1 amide bonds. The first-order chi connectivity index (χ1) is 13.6. The number of halogens is 1. The van der Waals surface area contributed by atoms with Gasteiger partial charge < -0.3 is 9.47 Å². The molecule has 28 heavy (non-hydrogen) atoms. The number of benzene rings is 2. The van der Waals surface area contributed by atoms with Crippen LogP contribution in [0.25, 0.3) is 0 Å². The van der Waals surface area contributed by atoms with E-state index in [0.717, 1.165) is 21.3 Å². The maximum atomic E-state index is 11.6. The van der Waals surface area contributed by atoms with Crippen LogP contribution in [0.4, 0.5) is 10.5 Å². The second-order valence-electron chi connectivity index (χ2n) is 6.16. The Kier molecular flexibility index (Phi) is 9.70. The number of aryl methyl sites for hydroxylation is 1. The van der Waals surface area contributed by atoms with Crippen molar-refractivity contribution in [2.75, 3.05) is 18.5 Å². The van der Waals surface area contributed by atoms with E-state index in [1.165, 1.54) is 18.4 Å². The van der Waals surface area contributed by atoms with E-state index in [2.05, 4.69) is 70.9 Å². The molecule has 0 aliphatic heterocycles. The molecular weight excluding hydrogens is 465 g/mol. The minimum atomic E-state index is -0.468. The zero-order chi connectivity index (χ0) is 20.2. The van der Waals surface area contributed by atoms with Gasteiger partial charge in [0.25, 0.3) is 0 Å². The van der Waals surface area contributed by atoms with Crippen molar-refractivity contribution in [1.29, 1.82) is 0 Å². The number of unbranched alkanes of at least 4 members (excludes halogenated alkanes) is 1. The quantitative estimate of drug-likeness (QED) is 0.279. The first-order valence-corrected chi connectivity index (χ1v) is 10.6. The van der Waals surface area contributed by atoms with Gasteiger partial charge in [-0.15, -0.1) is 0 Å². The zero-order valence-corrected chi connectivity index (χ0v) is 18.5. The smallest absolute Gasteiger partial charge is 0.411 e. The molecule has 0 radical (unpaired) electrons. The topological polar surface area (TPSA) is 47.6 Å². The Balaban J connectivity index is 1.84. The van der Waals surface area contributed by atoms with Gasteiger partial charge in [-0.3, -0.25) is 5.32 Å². The van der Waals surface area contributed by atoms with Crippen LogP contribution in [-0.4, -0.2) is 19.3 Å². The zero-order valence-electron chi connectivity index (χ0n) is 16.4. The lowest BCUT2D eigenvalue weighted by Crippen LogP contribution is -2.14. The summed E-state index contributed by atoms with van der Waals surface area (Å²) in [6.45, 7) is 4.79. The Morgan fingerprint density at radius 1 is 1.14 bits per heavy atom. The summed E-state index contributed by atoms with van der Waals surface area (Å²) in [5.74, 6) is 7.04. The summed E-state index contributed by atoms with van der Waals surface area (Å²) in [6.07, 6.45) is 3.72. The van der Waals surface area contributed by atoms with Crippen molar-refractivity contribution in [2.24, 2.45) is 0 Å². The largest absolute Gasteiger partial charge is 0.491 e. The molecular formula is C23H26INO3. The van der Waals surface area contributed by atoms with Gasteiger partial charge in [0.05, 0.1) is 22.5 Å². The summed E-state index contributed by atoms with van der Waals surface area (Å²) in [5.41, 5.74) is 3.06. The van der Waals surface area contributed by atoms with Crippen LogP contribution >= 0.6 is 22.6 Å². The minimum absolute atomic E-state index is 0.332. The van der Waals surface area contributed by atoms with E-state index in [9.17, 15) is 4.79 Å². The van der Waals surface area contributed by atoms with Crippen molar-refractivity contribution >= 4 is 34.4 Å². The summed E-state index contributed by atoms with van der Waals surface area (Å²) in [4.78, 5) is 11.6. The number of rotatable bonds is 8. The number of carbonyl (C=O) groups is 1. The average molecular weight is 491 g/mol. The number of hydrogen-bond acceptors (Lipinski definition) is 3. The Morgan fingerprint density at radius 3 is 2.64 bits per heavy atom. The van der Waals surface area contributed by atoms with Gasteiger partial charge in [-0.05, 0) is 72.2 Å². The van der Waals surface area contributed by atoms with Crippen LogP contribution in [-0.2, 0) is 11.2 Å². The number of hydrogen-bond donors (Lipinski definition) is 1. The Hall–Kier alpha value is -2.20. The highest BCUT2D eigenvalue weighted by atomic mass is 127. The fourth-order valence-corrected chi connectivity index (χ4v) is 3.16. The van der Waals surface area contributed by atoms with Gasteiger partial charge in [-0.1, -0.05) is 43.4 Å². The molecule has 0 unspecified atom stereocenters. The van der Waals surface area contributed by atoms with E-state index >= 15 is 0 Å². The summed E-state index contributed by atoms with van der Waals surface area (Å²) >= 11 is 2.15. The number of carbonyl (C=O) groups excluding carboxylic acids is 1. The third kappa shape index (κ3) is 7.43. The first-order valence-electron chi connectivity index (χ1n) is 9.57. The molecule has 1 N–H and O–H groups in total. The molecule has 0 saturated carbocycles. The summed E-state index contributed by atoms with van der Waals surface area (Å²) in [7, 11) is 0. The molecule has 0 bridgehead atoms. The van der Waals surface area contributed by atoms with E-state index in [4.69, 9.17) is 9.47 Å². The number of anilines is 1. The van der Waals surface area contributed by atoms with Gasteiger partial charge in [0.2, 0.25) is 0 Å². The highest BCUT2D eigenvalue weighted by Crippen LogP contribution is 2.28. The van der Waals surface area contributed by atoms with E-state index in [-0.39, 0.29) is 0 Å². The Bertz CT molecular complexity index is 822. The van der Waals surface area contributed by atoms with Gasteiger partial charge in [0.15, 0.2) is 0 Å². The molecule has 0 heterocycles. The molecule has 0 aliphatic rings. The second kappa shape index (κ2) is 12.3. The van der Waals surface area contributed by atoms with Crippen LogP contribution in [0.5, 0.6) is 5.75 Å². The fraction of sp³-hybridized carbons (Fsp3) is 0.348. The second-order valence-corrected chi connectivity index (χ2v) is 7.24. The fourth-order valence-electron chi connectivity index (χ4n) is 2.51. The van der Waals surface area contributed by atoms with E-state index in [0.29, 0.717) is 25.3 Å². The van der Waals surface area contributed by atoms with Crippen LogP contribution in [0, 0.1) is 15.4 Å². The maximum absolute atomic E-state index is 11.6. The third-order valence-electron chi connectivity index (χ3n) is 3.97. The van der Waals surface area contributed by atoms with Gasteiger partial charge in [-0.2, -0.15) is 0 Å².